The summed E-state index contributed by atoms with van der Waals surface area (Å²) in [4.78, 5) is 24.1. The van der Waals surface area contributed by atoms with Gasteiger partial charge in [-0.3, -0.25) is 9.59 Å². The Hall–Kier alpha value is -2.08. The van der Waals surface area contributed by atoms with E-state index in [4.69, 9.17) is 9.47 Å². The van der Waals surface area contributed by atoms with Crippen LogP contribution in [0.5, 0.6) is 5.75 Å². The first-order valence-electron chi connectivity index (χ1n) is 8.99. The smallest absolute Gasteiger partial charge is 0.308 e. The number of amides is 1. The van der Waals surface area contributed by atoms with E-state index in [-0.39, 0.29) is 24.5 Å². The molecule has 25 heavy (non-hydrogen) atoms. The molecule has 1 aromatic rings. The molecule has 2 fully saturated rings. The number of hydrogen-bond acceptors (Lipinski definition) is 4. The first-order chi connectivity index (χ1) is 12.1. The lowest BCUT2D eigenvalue weighted by atomic mass is 9.86. The van der Waals surface area contributed by atoms with Gasteiger partial charge in [0.25, 0.3) is 5.91 Å². The molecule has 136 valence electrons. The van der Waals surface area contributed by atoms with Crippen molar-refractivity contribution in [1.82, 2.24) is 5.32 Å². The number of hydrogen-bond donors (Lipinski definition) is 2. The summed E-state index contributed by atoms with van der Waals surface area (Å²) in [6.07, 6.45) is 4.80. The maximum absolute atomic E-state index is 12.6. The number of nitrogens with one attached hydrogen (secondary N) is 1. The van der Waals surface area contributed by atoms with Crippen LogP contribution in [0.25, 0.3) is 0 Å². The first kappa shape index (κ1) is 17.7. The third-order valence-electron chi connectivity index (χ3n) is 5.11. The summed E-state index contributed by atoms with van der Waals surface area (Å²) in [5.41, 5.74) is 0.463. The highest BCUT2D eigenvalue weighted by molar-refractivity contribution is 5.97. The number of carboxylic acids is 1. The van der Waals surface area contributed by atoms with Gasteiger partial charge in [0.05, 0.1) is 17.6 Å². The molecule has 1 atom stereocenters. The number of para-hydroxylation sites is 1. The number of carboxylic acid groups (broad SMARTS) is 1. The zero-order chi connectivity index (χ0) is 17.6. The molecule has 0 spiro atoms. The highest BCUT2D eigenvalue weighted by atomic mass is 16.5. The fourth-order valence-electron chi connectivity index (χ4n) is 3.30. The van der Waals surface area contributed by atoms with Crippen LogP contribution < -0.4 is 10.1 Å². The molecule has 1 saturated carbocycles. The standard InChI is InChI=1S/C19H25NO5/c21-18(15-6-1-2-7-17(15)25-14-4-3-5-14)20-12-16(19(22)23)13-8-10-24-11-9-13/h1-2,6-7,13-14,16H,3-5,8-12H2,(H,20,21)(H,22,23). The van der Waals surface area contributed by atoms with Crippen molar-refractivity contribution < 1.29 is 24.2 Å². The molecule has 2 aliphatic rings. The van der Waals surface area contributed by atoms with Crippen LogP contribution >= 0.6 is 0 Å². The van der Waals surface area contributed by atoms with Crippen LogP contribution in [0.15, 0.2) is 24.3 Å². The van der Waals surface area contributed by atoms with Crippen molar-refractivity contribution in [3.8, 4) is 5.75 Å². The summed E-state index contributed by atoms with van der Waals surface area (Å²) in [5.74, 6) is -1.14. The van der Waals surface area contributed by atoms with Gasteiger partial charge >= 0.3 is 5.97 Å². The van der Waals surface area contributed by atoms with Gasteiger partial charge in [0.1, 0.15) is 5.75 Å². The fraction of sp³-hybridized carbons (Fsp3) is 0.579. The van der Waals surface area contributed by atoms with Crippen molar-refractivity contribution in [3.63, 3.8) is 0 Å². The number of carbonyl (C=O) groups excluding carboxylic acids is 1. The zero-order valence-electron chi connectivity index (χ0n) is 14.3. The van der Waals surface area contributed by atoms with Crippen molar-refractivity contribution >= 4 is 11.9 Å². The molecule has 1 heterocycles. The Balaban J connectivity index is 1.61. The van der Waals surface area contributed by atoms with Crippen LogP contribution in [0.1, 0.15) is 42.5 Å². The average Bonchev–Trinajstić information content (AvgIpc) is 2.59. The lowest BCUT2D eigenvalue weighted by Gasteiger charge is -2.28. The molecule has 1 aliphatic carbocycles. The molecular weight excluding hydrogens is 322 g/mol. The maximum Gasteiger partial charge on any atom is 0.308 e. The zero-order valence-corrected chi connectivity index (χ0v) is 14.3. The Morgan fingerprint density at radius 3 is 2.56 bits per heavy atom. The molecule has 1 aliphatic heterocycles. The highest BCUT2D eigenvalue weighted by Gasteiger charge is 2.30. The van der Waals surface area contributed by atoms with Gasteiger partial charge in [0, 0.05) is 19.8 Å². The van der Waals surface area contributed by atoms with Crippen LogP contribution in [0.4, 0.5) is 0 Å². The van der Waals surface area contributed by atoms with Crippen molar-refractivity contribution in [2.75, 3.05) is 19.8 Å². The predicted molar refractivity (Wildman–Crippen MR) is 91.7 cm³/mol. The van der Waals surface area contributed by atoms with Crippen molar-refractivity contribution in [1.29, 1.82) is 0 Å². The topological polar surface area (TPSA) is 84.9 Å². The summed E-state index contributed by atoms with van der Waals surface area (Å²) in [7, 11) is 0. The van der Waals surface area contributed by atoms with E-state index in [1.165, 1.54) is 0 Å². The second-order valence-corrected chi connectivity index (χ2v) is 6.77. The van der Waals surface area contributed by atoms with Gasteiger partial charge < -0.3 is 19.9 Å². The molecule has 1 amide bonds. The minimum atomic E-state index is -0.869. The number of ether oxygens (including phenoxy) is 2. The van der Waals surface area contributed by atoms with Crippen LogP contribution in [-0.2, 0) is 9.53 Å². The predicted octanol–water partition coefficient (Wildman–Crippen LogP) is 2.48. The van der Waals surface area contributed by atoms with Gasteiger partial charge in [-0.2, -0.15) is 0 Å². The highest BCUT2D eigenvalue weighted by Crippen LogP contribution is 2.28. The molecule has 0 aromatic heterocycles. The summed E-state index contributed by atoms with van der Waals surface area (Å²) < 4.78 is 11.2. The number of benzene rings is 1. The average molecular weight is 347 g/mol. The van der Waals surface area contributed by atoms with Gasteiger partial charge in [-0.1, -0.05) is 12.1 Å². The van der Waals surface area contributed by atoms with E-state index in [1.54, 1.807) is 18.2 Å². The second kappa shape index (κ2) is 8.34. The summed E-state index contributed by atoms with van der Waals surface area (Å²) in [6.45, 7) is 1.29. The third kappa shape index (κ3) is 4.51. The van der Waals surface area contributed by atoms with Crippen molar-refractivity contribution in [3.05, 3.63) is 29.8 Å². The number of rotatable bonds is 7. The van der Waals surface area contributed by atoms with E-state index in [2.05, 4.69) is 5.32 Å². The Labute approximate surface area is 147 Å². The Morgan fingerprint density at radius 1 is 1.20 bits per heavy atom. The van der Waals surface area contributed by atoms with Gasteiger partial charge in [-0.05, 0) is 50.2 Å². The van der Waals surface area contributed by atoms with Gasteiger partial charge in [-0.25, -0.2) is 0 Å². The quantitative estimate of drug-likeness (QED) is 0.791. The van der Waals surface area contributed by atoms with Crippen LogP contribution in [0.2, 0.25) is 0 Å². The molecule has 1 unspecified atom stereocenters. The van der Waals surface area contributed by atoms with Gasteiger partial charge in [0.15, 0.2) is 0 Å². The molecule has 2 N–H and O–H groups in total. The summed E-state index contributed by atoms with van der Waals surface area (Å²) >= 11 is 0. The normalized spacial score (nSPS) is 19.7. The molecule has 6 heteroatoms. The Kier molecular flexibility index (Phi) is 5.91. The molecular formula is C19H25NO5. The largest absolute Gasteiger partial charge is 0.490 e. The van der Waals surface area contributed by atoms with E-state index < -0.39 is 11.9 Å². The van der Waals surface area contributed by atoms with Crippen molar-refractivity contribution in [2.24, 2.45) is 11.8 Å². The number of carbonyl (C=O) groups is 2. The molecule has 3 rings (SSSR count). The summed E-state index contributed by atoms with van der Waals surface area (Å²) in [5, 5.41) is 12.3. The fourth-order valence-corrected chi connectivity index (χ4v) is 3.30. The van der Waals surface area contributed by atoms with E-state index in [1.807, 2.05) is 6.07 Å². The molecule has 0 bridgehead atoms. The molecule has 1 saturated heterocycles. The molecule has 6 nitrogen and oxygen atoms in total. The van der Waals surface area contributed by atoms with E-state index in [0.29, 0.717) is 37.4 Å². The second-order valence-electron chi connectivity index (χ2n) is 6.77. The number of aliphatic carboxylic acids is 1. The van der Waals surface area contributed by atoms with E-state index >= 15 is 0 Å². The van der Waals surface area contributed by atoms with E-state index in [9.17, 15) is 14.7 Å². The minimum Gasteiger partial charge on any atom is -0.490 e. The monoisotopic (exact) mass is 347 g/mol. The van der Waals surface area contributed by atoms with Crippen molar-refractivity contribution in [2.45, 2.75) is 38.2 Å². The minimum absolute atomic E-state index is 0.0352. The van der Waals surface area contributed by atoms with Crippen LogP contribution in [-0.4, -0.2) is 42.8 Å². The maximum atomic E-state index is 12.6. The molecule has 0 radical (unpaired) electrons. The Bertz CT molecular complexity index is 608. The van der Waals surface area contributed by atoms with Crippen LogP contribution in [0, 0.1) is 11.8 Å². The third-order valence-corrected chi connectivity index (χ3v) is 5.11. The lowest BCUT2D eigenvalue weighted by Crippen LogP contribution is -2.39. The lowest BCUT2D eigenvalue weighted by molar-refractivity contribution is -0.144. The molecule has 1 aromatic carbocycles. The SMILES string of the molecule is O=C(NCC(C(=O)O)C1CCOCC1)c1ccccc1OC1CCC1. The van der Waals surface area contributed by atoms with Crippen LogP contribution in [0.3, 0.4) is 0 Å². The van der Waals surface area contributed by atoms with Gasteiger partial charge in [-0.15, -0.1) is 0 Å². The van der Waals surface area contributed by atoms with E-state index in [0.717, 1.165) is 19.3 Å². The Morgan fingerprint density at radius 2 is 1.92 bits per heavy atom. The summed E-state index contributed by atoms with van der Waals surface area (Å²) in [6, 6.07) is 7.14. The first-order valence-corrected chi connectivity index (χ1v) is 8.99. The van der Waals surface area contributed by atoms with Gasteiger partial charge in [0.2, 0.25) is 0 Å².